The van der Waals surface area contributed by atoms with E-state index in [2.05, 4.69) is 15.3 Å². The van der Waals surface area contributed by atoms with Gasteiger partial charge >= 0.3 is 12.1 Å². The summed E-state index contributed by atoms with van der Waals surface area (Å²) in [4.78, 5) is 44.6. The third-order valence-electron chi connectivity index (χ3n) is 5.40. The number of nitrogens with one attached hydrogen (secondary N) is 1. The number of carboxylic acid groups (broad SMARTS) is 1. The molecule has 2 aliphatic rings. The van der Waals surface area contributed by atoms with Gasteiger partial charge in [-0.1, -0.05) is 6.07 Å². The number of carbonyl (C=O) groups excluding carboxylic acids is 2. The number of halogens is 3. The standard InChI is InChI=1S/C19H23N5O2.C2HF3O2/c25-18(15-6-2-3-9-20-15)22-14-7-8-17-21-12-16(24(17)13-14)19(26)23-10-4-1-5-11-23;3-2(4,5)1(6)7/h2-3,6,9,12,14H,1,4-5,7-8,10-11,13H2,(H,22,25);(H,6,7). The summed E-state index contributed by atoms with van der Waals surface area (Å²) in [5.41, 5.74) is 1.05. The van der Waals surface area contributed by atoms with Crippen LogP contribution in [0.1, 0.15) is 52.5 Å². The Labute approximate surface area is 187 Å². The average Bonchev–Trinajstić information content (AvgIpc) is 3.23. The van der Waals surface area contributed by atoms with Crippen molar-refractivity contribution in [2.24, 2.45) is 0 Å². The number of aliphatic carboxylic acids is 1. The van der Waals surface area contributed by atoms with E-state index in [1.807, 2.05) is 9.47 Å². The highest BCUT2D eigenvalue weighted by Crippen LogP contribution is 2.20. The molecule has 0 spiro atoms. The van der Waals surface area contributed by atoms with E-state index in [0.717, 1.165) is 44.6 Å². The zero-order chi connectivity index (χ0) is 24.0. The van der Waals surface area contributed by atoms with Crippen molar-refractivity contribution >= 4 is 17.8 Å². The molecule has 0 aliphatic carbocycles. The number of imidazole rings is 1. The van der Waals surface area contributed by atoms with Gasteiger partial charge in [0, 0.05) is 38.3 Å². The number of aromatic nitrogens is 3. The number of carboxylic acids is 1. The molecule has 2 amide bonds. The fourth-order valence-corrected chi connectivity index (χ4v) is 3.74. The van der Waals surface area contributed by atoms with Gasteiger partial charge in [-0.15, -0.1) is 0 Å². The molecular formula is C21H24F3N5O4. The zero-order valence-corrected chi connectivity index (χ0v) is 17.7. The van der Waals surface area contributed by atoms with Crippen molar-refractivity contribution in [3.8, 4) is 0 Å². The van der Waals surface area contributed by atoms with Gasteiger partial charge in [-0.2, -0.15) is 13.2 Å². The number of aryl methyl sites for hydroxylation is 1. The van der Waals surface area contributed by atoms with Crippen molar-refractivity contribution < 1.29 is 32.7 Å². The first kappa shape index (κ1) is 24.2. The number of amides is 2. The molecule has 2 N–H and O–H groups in total. The van der Waals surface area contributed by atoms with Gasteiger partial charge in [0.05, 0.1) is 6.20 Å². The van der Waals surface area contributed by atoms with Gasteiger partial charge in [0.25, 0.3) is 11.8 Å². The normalized spacial score (nSPS) is 17.9. The van der Waals surface area contributed by atoms with Gasteiger partial charge in [0.1, 0.15) is 17.2 Å². The number of hydrogen-bond donors (Lipinski definition) is 2. The highest BCUT2D eigenvalue weighted by molar-refractivity contribution is 5.93. The summed E-state index contributed by atoms with van der Waals surface area (Å²) in [6, 6.07) is 5.26. The Balaban J connectivity index is 0.000000383. The van der Waals surface area contributed by atoms with E-state index in [1.54, 1.807) is 30.6 Å². The quantitative estimate of drug-likeness (QED) is 0.715. The highest BCUT2D eigenvalue weighted by atomic mass is 19.4. The Morgan fingerprint density at radius 1 is 1.09 bits per heavy atom. The minimum Gasteiger partial charge on any atom is -0.475 e. The SMILES string of the molecule is O=C(NC1CCc2ncc(C(=O)N3CCCCC3)n2C1)c1ccccn1.O=C(O)C(F)(F)F. The van der Waals surface area contributed by atoms with Crippen LogP contribution in [0.3, 0.4) is 0 Å². The minimum absolute atomic E-state index is 0.0286. The molecule has 1 unspecified atom stereocenters. The van der Waals surface area contributed by atoms with Gasteiger partial charge in [0.2, 0.25) is 0 Å². The summed E-state index contributed by atoms with van der Waals surface area (Å²) in [7, 11) is 0. The predicted octanol–water partition coefficient (Wildman–Crippen LogP) is 2.28. The molecule has 2 aromatic heterocycles. The third-order valence-corrected chi connectivity index (χ3v) is 5.40. The van der Waals surface area contributed by atoms with Crippen LogP contribution in [0.2, 0.25) is 0 Å². The molecular weight excluding hydrogens is 443 g/mol. The van der Waals surface area contributed by atoms with Crippen LogP contribution >= 0.6 is 0 Å². The number of carbonyl (C=O) groups is 3. The summed E-state index contributed by atoms with van der Waals surface area (Å²) >= 11 is 0. The molecule has 12 heteroatoms. The minimum atomic E-state index is -5.08. The maximum absolute atomic E-state index is 12.9. The van der Waals surface area contributed by atoms with E-state index in [4.69, 9.17) is 9.90 Å². The van der Waals surface area contributed by atoms with E-state index in [0.29, 0.717) is 17.9 Å². The highest BCUT2D eigenvalue weighted by Gasteiger charge is 2.38. The van der Waals surface area contributed by atoms with Gasteiger partial charge < -0.3 is 19.9 Å². The van der Waals surface area contributed by atoms with Crippen LogP contribution in [0.5, 0.6) is 0 Å². The van der Waals surface area contributed by atoms with Gasteiger partial charge in [-0.25, -0.2) is 9.78 Å². The van der Waals surface area contributed by atoms with E-state index in [-0.39, 0.29) is 17.9 Å². The van der Waals surface area contributed by atoms with Crippen molar-refractivity contribution in [2.75, 3.05) is 13.1 Å². The van der Waals surface area contributed by atoms with Crippen molar-refractivity contribution in [3.05, 3.63) is 47.8 Å². The van der Waals surface area contributed by atoms with E-state index >= 15 is 0 Å². The number of hydrogen-bond acceptors (Lipinski definition) is 5. The Morgan fingerprint density at radius 2 is 1.79 bits per heavy atom. The average molecular weight is 467 g/mol. The predicted molar refractivity (Wildman–Crippen MR) is 109 cm³/mol. The molecule has 2 aliphatic heterocycles. The van der Waals surface area contributed by atoms with Crippen LogP contribution in [-0.2, 0) is 17.8 Å². The maximum Gasteiger partial charge on any atom is 0.490 e. The van der Waals surface area contributed by atoms with Crippen molar-refractivity contribution in [1.82, 2.24) is 24.8 Å². The van der Waals surface area contributed by atoms with Crippen molar-refractivity contribution in [2.45, 2.75) is 50.9 Å². The molecule has 0 bridgehead atoms. The number of piperidine rings is 1. The molecule has 0 aromatic carbocycles. The number of fused-ring (bicyclic) bond motifs is 1. The first-order valence-electron chi connectivity index (χ1n) is 10.5. The second-order valence-corrected chi connectivity index (χ2v) is 7.75. The van der Waals surface area contributed by atoms with Crippen LogP contribution in [-0.4, -0.2) is 67.6 Å². The van der Waals surface area contributed by atoms with Gasteiger partial charge in [-0.05, 0) is 37.8 Å². The summed E-state index contributed by atoms with van der Waals surface area (Å²) in [5.74, 6) is -1.95. The summed E-state index contributed by atoms with van der Waals surface area (Å²) < 4.78 is 33.7. The summed E-state index contributed by atoms with van der Waals surface area (Å²) in [5, 5.41) is 10.2. The number of likely N-dealkylation sites (tertiary alicyclic amines) is 1. The Morgan fingerprint density at radius 3 is 2.39 bits per heavy atom. The molecule has 4 rings (SSSR count). The smallest absolute Gasteiger partial charge is 0.475 e. The van der Waals surface area contributed by atoms with Crippen LogP contribution in [0.25, 0.3) is 0 Å². The third kappa shape index (κ3) is 6.30. The van der Waals surface area contributed by atoms with E-state index < -0.39 is 12.1 Å². The lowest BCUT2D eigenvalue weighted by atomic mass is 10.1. The Bertz CT molecular complexity index is 988. The molecule has 1 saturated heterocycles. The van der Waals surface area contributed by atoms with E-state index in [1.165, 1.54) is 6.42 Å². The molecule has 178 valence electrons. The van der Waals surface area contributed by atoms with Crippen molar-refractivity contribution in [1.29, 1.82) is 0 Å². The zero-order valence-electron chi connectivity index (χ0n) is 17.7. The van der Waals surface area contributed by atoms with E-state index in [9.17, 15) is 22.8 Å². The number of nitrogens with zero attached hydrogens (tertiary/aromatic N) is 4. The molecule has 2 aromatic rings. The summed E-state index contributed by atoms with van der Waals surface area (Å²) in [6.07, 6.45) is 3.10. The van der Waals surface area contributed by atoms with Crippen LogP contribution in [0, 0.1) is 0 Å². The molecule has 1 atom stereocenters. The lowest BCUT2D eigenvalue weighted by molar-refractivity contribution is -0.192. The second-order valence-electron chi connectivity index (χ2n) is 7.75. The number of alkyl halides is 3. The first-order chi connectivity index (χ1) is 15.7. The number of rotatable bonds is 3. The largest absolute Gasteiger partial charge is 0.490 e. The number of pyridine rings is 1. The topological polar surface area (TPSA) is 117 Å². The van der Waals surface area contributed by atoms with Gasteiger partial charge in [0.15, 0.2) is 0 Å². The fraction of sp³-hybridized carbons (Fsp3) is 0.476. The molecule has 0 saturated carbocycles. The Kier molecular flexibility index (Phi) is 7.67. The van der Waals surface area contributed by atoms with Crippen LogP contribution in [0.15, 0.2) is 30.6 Å². The maximum atomic E-state index is 12.9. The molecule has 4 heterocycles. The molecule has 9 nitrogen and oxygen atoms in total. The summed E-state index contributed by atoms with van der Waals surface area (Å²) in [6.45, 7) is 2.21. The van der Waals surface area contributed by atoms with Crippen LogP contribution in [0.4, 0.5) is 13.2 Å². The van der Waals surface area contributed by atoms with Crippen molar-refractivity contribution in [3.63, 3.8) is 0 Å². The van der Waals surface area contributed by atoms with Crippen LogP contribution < -0.4 is 5.32 Å². The second kappa shape index (κ2) is 10.5. The first-order valence-corrected chi connectivity index (χ1v) is 10.5. The molecule has 0 radical (unpaired) electrons. The molecule has 33 heavy (non-hydrogen) atoms. The lowest BCUT2D eigenvalue weighted by Gasteiger charge is -2.29. The lowest BCUT2D eigenvalue weighted by Crippen LogP contribution is -2.43. The van der Waals surface area contributed by atoms with Gasteiger partial charge in [-0.3, -0.25) is 14.6 Å². The molecule has 1 fully saturated rings. The Hall–Kier alpha value is -3.44. The fourth-order valence-electron chi connectivity index (χ4n) is 3.74. The monoisotopic (exact) mass is 467 g/mol.